The van der Waals surface area contributed by atoms with Crippen LogP contribution in [-0.4, -0.2) is 65.6 Å². The van der Waals surface area contributed by atoms with Gasteiger partial charge in [0.1, 0.15) is 5.75 Å². The molecular formula is C21H32N2O4. The summed E-state index contributed by atoms with van der Waals surface area (Å²) in [5.41, 5.74) is 1.30. The number of nitrogens with zero attached hydrogens (tertiary/aromatic N) is 2. The van der Waals surface area contributed by atoms with Crippen LogP contribution in [0.3, 0.4) is 0 Å². The molecule has 27 heavy (non-hydrogen) atoms. The Morgan fingerprint density at radius 1 is 1.22 bits per heavy atom. The number of hydrogen-bond acceptors (Lipinski definition) is 4. The van der Waals surface area contributed by atoms with Crippen LogP contribution in [0.2, 0.25) is 0 Å². The molecule has 0 aromatic heterocycles. The topological polar surface area (TPSA) is 70.1 Å². The first kappa shape index (κ1) is 21.2. The standard InChI is InChI=1S/C21H32N2O4/c1-15(27-18-8-6-16(7-9-18)21(2,3)4)20(26)23-12-10-17(11-13-23)22(5)14-19(24)25/h6-9,15,17H,10-14H2,1-5H3,(H,24,25)/t15-/m0/s1. The Hall–Kier alpha value is -2.08. The maximum Gasteiger partial charge on any atom is 0.317 e. The second-order valence-corrected chi connectivity index (χ2v) is 8.40. The lowest BCUT2D eigenvalue weighted by molar-refractivity contribution is -0.141. The molecule has 6 heteroatoms. The summed E-state index contributed by atoms with van der Waals surface area (Å²) in [6.07, 6.45) is 1.02. The Kier molecular flexibility index (Phi) is 6.87. The molecule has 1 saturated heterocycles. The molecule has 0 saturated carbocycles. The van der Waals surface area contributed by atoms with Crippen LogP contribution >= 0.6 is 0 Å². The van der Waals surface area contributed by atoms with Gasteiger partial charge in [0.25, 0.3) is 5.91 Å². The van der Waals surface area contributed by atoms with Gasteiger partial charge in [-0.1, -0.05) is 32.9 Å². The van der Waals surface area contributed by atoms with Crippen molar-refractivity contribution in [2.75, 3.05) is 26.7 Å². The third-order valence-corrected chi connectivity index (χ3v) is 5.17. The number of amides is 1. The molecule has 0 unspecified atom stereocenters. The SMILES string of the molecule is C[C@H](Oc1ccc(C(C)(C)C)cc1)C(=O)N1CCC(N(C)CC(=O)O)CC1. The van der Waals surface area contributed by atoms with Crippen LogP contribution in [0.15, 0.2) is 24.3 Å². The zero-order valence-electron chi connectivity index (χ0n) is 17.1. The van der Waals surface area contributed by atoms with Gasteiger partial charge in [-0.3, -0.25) is 14.5 Å². The summed E-state index contributed by atoms with van der Waals surface area (Å²) in [5, 5.41) is 8.91. The zero-order valence-corrected chi connectivity index (χ0v) is 17.1. The number of hydrogen-bond donors (Lipinski definition) is 1. The van der Waals surface area contributed by atoms with Gasteiger partial charge < -0.3 is 14.7 Å². The predicted octanol–water partition coefficient (Wildman–Crippen LogP) is 2.76. The van der Waals surface area contributed by atoms with Crippen LogP contribution in [0.4, 0.5) is 0 Å². The molecule has 1 aliphatic rings. The fourth-order valence-corrected chi connectivity index (χ4v) is 3.41. The van der Waals surface area contributed by atoms with Gasteiger partial charge in [0.2, 0.25) is 0 Å². The van der Waals surface area contributed by atoms with Gasteiger partial charge in [-0.2, -0.15) is 0 Å². The van der Waals surface area contributed by atoms with E-state index >= 15 is 0 Å². The largest absolute Gasteiger partial charge is 0.481 e. The molecule has 6 nitrogen and oxygen atoms in total. The van der Waals surface area contributed by atoms with Gasteiger partial charge in [0.05, 0.1) is 6.54 Å². The van der Waals surface area contributed by atoms with Crippen molar-refractivity contribution < 1.29 is 19.4 Å². The Balaban J connectivity index is 1.86. The van der Waals surface area contributed by atoms with Gasteiger partial charge in [-0.25, -0.2) is 0 Å². The molecule has 1 N–H and O–H groups in total. The smallest absolute Gasteiger partial charge is 0.317 e. The summed E-state index contributed by atoms with van der Waals surface area (Å²) >= 11 is 0. The van der Waals surface area contributed by atoms with E-state index in [2.05, 4.69) is 20.8 Å². The lowest BCUT2D eigenvalue weighted by Gasteiger charge is -2.37. The summed E-state index contributed by atoms with van der Waals surface area (Å²) in [7, 11) is 1.82. The molecule has 0 bridgehead atoms. The number of aliphatic carboxylic acids is 1. The highest BCUT2D eigenvalue weighted by Crippen LogP contribution is 2.25. The molecule has 1 aromatic carbocycles. The number of rotatable bonds is 6. The summed E-state index contributed by atoms with van der Waals surface area (Å²) in [6, 6.07) is 8.10. The number of carboxylic acids is 1. The van der Waals surface area contributed by atoms with Crippen molar-refractivity contribution >= 4 is 11.9 Å². The van der Waals surface area contributed by atoms with Gasteiger partial charge in [0, 0.05) is 19.1 Å². The third-order valence-electron chi connectivity index (χ3n) is 5.17. The van der Waals surface area contributed by atoms with E-state index in [9.17, 15) is 9.59 Å². The van der Waals surface area contributed by atoms with Crippen molar-refractivity contribution in [2.24, 2.45) is 0 Å². The molecule has 1 atom stereocenters. The van der Waals surface area contributed by atoms with E-state index in [1.165, 1.54) is 5.56 Å². The van der Waals surface area contributed by atoms with E-state index in [1.54, 1.807) is 6.92 Å². The number of likely N-dealkylation sites (tertiary alicyclic amines) is 1. The number of likely N-dealkylation sites (N-methyl/N-ethyl adjacent to an activating group) is 1. The highest BCUT2D eigenvalue weighted by atomic mass is 16.5. The first-order valence-corrected chi connectivity index (χ1v) is 9.56. The Morgan fingerprint density at radius 3 is 2.26 bits per heavy atom. The Labute approximate surface area is 162 Å². The van der Waals surface area contributed by atoms with E-state index in [1.807, 2.05) is 41.1 Å². The van der Waals surface area contributed by atoms with Crippen LogP contribution in [0.1, 0.15) is 46.1 Å². The summed E-state index contributed by atoms with van der Waals surface area (Å²) < 4.78 is 5.84. The summed E-state index contributed by atoms with van der Waals surface area (Å²) in [5.74, 6) is -0.148. The third kappa shape index (κ3) is 5.96. The Bertz CT molecular complexity index is 643. The zero-order chi connectivity index (χ0) is 20.2. The van der Waals surface area contributed by atoms with Gasteiger partial charge >= 0.3 is 5.97 Å². The average Bonchev–Trinajstić information content (AvgIpc) is 2.60. The first-order chi connectivity index (χ1) is 12.6. The van der Waals surface area contributed by atoms with Crippen LogP contribution < -0.4 is 4.74 Å². The quantitative estimate of drug-likeness (QED) is 0.827. The molecule has 2 rings (SSSR count). The molecule has 150 valence electrons. The highest BCUT2D eigenvalue weighted by molar-refractivity contribution is 5.81. The van der Waals surface area contributed by atoms with Crippen molar-refractivity contribution in [3.05, 3.63) is 29.8 Å². The van der Waals surface area contributed by atoms with Crippen molar-refractivity contribution in [1.82, 2.24) is 9.80 Å². The van der Waals surface area contributed by atoms with Gasteiger partial charge in [-0.15, -0.1) is 0 Å². The number of piperidine rings is 1. The summed E-state index contributed by atoms with van der Waals surface area (Å²) in [6.45, 7) is 9.55. The second-order valence-electron chi connectivity index (χ2n) is 8.40. The average molecular weight is 376 g/mol. The fourth-order valence-electron chi connectivity index (χ4n) is 3.41. The number of carbonyl (C=O) groups excluding carboxylic acids is 1. The molecule has 1 fully saturated rings. The lowest BCUT2D eigenvalue weighted by atomic mass is 9.87. The monoisotopic (exact) mass is 376 g/mol. The maximum atomic E-state index is 12.7. The minimum atomic E-state index is -0.824. The van der Waals surface area contributed by atoms with Crippen molar-refractivity contribution in [2.45, 2.75) is 58.1 Å². The molecular weight excluding hydrogens is 344 g/mol. The van der Waals surface area contributed by atoms with Crippen LogP contribution in [0, 0.1) is 0 Å². The maximum absolute atomic E-state index is 12.7. The molecule has 1 amide bonds. The van der Waals surface area contributed by atoms with E-state index in [4.69, 9.17) is 9.84 Å². The normalized spacial score (nSPS) is 17.0. The molecule has 1 aromatic rings. The van der Waals surface area contributed by atoms with Gasteiger partial charge in [-0.05, 0) is 49.9 Å². The fraction of sp³-hybridized carbons (Fsp3) is 0.619. The summed E-state index contributed by atoms with van der Waals surface area (Å²) in [4.78, 5) is 27.2. The lowest BCUT2D eigenvalue weighted by Crippen LogP contribution is -2.49. The van der Waals surface area contributed by atoms with E-state index in [-0.39, 0.29) is 23.9 Å². The molecule has 0 radical (unpaired) electrons. The number of carbonyl (C=O) groups is 2. The molecule has 0 aliphatic carbocycles. The number of ether oxygens (including phenoxy) is 1. The molecule has 0 spiro atoms. The van der Waals surface area contributed by atoms with Crippen LogP contribution in [-0.2, 0) is 15.0 Å². The van der Waals surface area contributed by atoms with Crippen LogP contribution in [0.5, 0.6) is 5.75 Å². The predicted molar refractivity (Wildman–Crippen MR) is 105 cm³/mol. The van der Waals surface area contributed by atoms with E-state index in [0.717, 1.165) is 12.8 Å². The number of benzene rings is 1. The Morgan fingerprint density at radius 2 is 1.78 bits per heavy atom. The minimum absolute atomic E-state index is 0.0192. The molecule has 1 aliphatic heterocycles. The minimum Gasteiger partial charge on any atom is -0.481 e. The van der Waals surface area contributed by atoms with Gasteiger partial charge in [0.15, 0.2) is 6.10 Å². The number of carboxylic acid groups (broad SMARTS) is 1. The van der Waals surface area contributed by atoms with Crippen LogP contribution in [0.25, 0.3) is 0 Å². The second kappa shape index (κ2) is 8.74. The highest BCUT2D eigenvalue weighted by Gasteiger charge is 2.29. The van der Waals surface area contributed by atoms with Crippen molar-refractivity contribution in [3.8, 4) is 5.75 Å². The van der Waals surface area contributed by atoms with Crippen molar-refractivity contribution in [1.29, 1.82) is 0 Å². The van der Waals surface area contributed by atoms with E-state index < -0.39 is 12.1 Å². The van der Waals surface area contributed by atoms with E-state index in [0.29, 0.717) is 18.8 Å². The van der Waals surface area contributed by atoms with Crippen molar-refractivity contribution in [3.63, 3.8) is 0 Å². The molecule has 1 heterocycles. The first-order valence-electron chi connectivity index (χ1n) is 9.56.